The molecule has 1 atom stereocenters. The van der Waals surface area contributed by atoms with Crippen LogP contribution in [0.1, 0.15) is 12.5 Å². The van der Waals surface area contributed by atoms with Crippen LogP contribution in [0, 0.1) is 17.2 Å². The van der Waals surface area contributed by atoms with Gasteiger partial charge >= 0.3 is 5.97 Å². The average Bonchev–Trinajstić information content (AvgIpc) is 2.75. The molecule has 0 fully saturated rings. The fourth-order valence-electron chi connectivity index (χ4n) is 1.06. The second kappa shape index (κ2) is 7.03. The minimum absolute atomic E-state index is 0.181. The molecule has 0 saturated carbocycles. The predicted molar refractivity (Wildman–Crippen MR) is 71.8 cm³/mol. The van der Waals surface area contributed by atoms with E-state index in [1.54, 1.807) is 18.4 Å². The van der Waals surface area contributed by atoms with Crippen LogP contribution in [0.3, 0.4) is 0 Å². The quantitative estimate of drug-likeness (QED) is 0.834. The van der Waals surface area contributed by atoms with Crippen molar-refractivity contribution in [2.75, 3.05) is 16.8 Å². The summed E-state index contributed by atoms with van der Waals surface area (Å²) in [5.41, 5.74) is 0.442. The molecule has 1 unspecified atom stereocenters. The molecule has 18 heavy (non-hydrogen) atoms. The van der Waals surface area contributed by atoms with Crippen molar-refractivity contribution in [2.45, 2.75) is 6.92 Å². The summed E-state index contributed by atoms with van der Waals surface area (Å²) in [6, 6.07) is 3.62. The number of thioether (sulfide) groups is 1. The summed E-state index contributed by atoms with van der Waals surface area (Å²) >= 11 is 2.55. The Morgan fingerprint density at radius 3 is 3.00 bits per heavy atom. The predicted octanol–water partition coefficient (Wildman–Crippen LogP) is 2.01. The number of rotatable bonds is 6. The smallest absolute Gasteiger partial charge is 0.307 e. The standard InChI is InChI=1S/C11H12N2O3S2/c1-7(11(15)16)5-17-6-9(14)13-10-8(4-12)2-3-18-10/h2-3,7H,5-6H2,1H3,(H,13,14)(H,15,16). The van der Waals surface area contributed by atoms with Gasteiger partial charge in [-0.2, -0.15) is 17.0 Å². The molecule has 0 aliphatic rings. The molecule has 0 aromatic carbocycles. The summed E-state index contributed by atoms with van der Waals surface area (Å²) in [7, 11) is 0. The molecule has 7 heteroatoms. The number of nitriles is 1. The molecule has 2 N–H and O–H groups in total. The van der Waals surface area contributed by atoms with Crippen molar-refractivity contribution in [2.24, 2.45) is 5.92 Å². The van der Waals surface area contributed by atoms with Crippen molar-refractivity contribution >= 4 is 40.0 Å². The molecule has 1 amide bonds. The number of carbonyl (C=O) groups is 2. The Hall–Kier alpha value is -1.52. The van der Waals surface area contributed by atoms with E-state index in [1.165, 1.54) is 23.1 Å². The number of nitrogens with one attached hydrogen (secondary N) is 1. The number of thiophene rings is 1. The van der Waals surface area contributed by atoms with Crippen LogP contribution in [0.2, 0.25) is 0 Å². The van der Waals surface area contributed by atoms with Gasteiger partial charge in [0.05, 0.1) is 17.2 Å². The van der Waals surface area contributed by atoms with Crippen molar-refractivity contribution in [3.05, 3.63) is 17.0 Å². The van der Waals surface area contributed by atoms with E-state index < -0.39 is 11.9 Å². The lowest BCUT2D eigenvalue weighted by Crippen LogP contribution is -2.17. The van der Waals surface area contributed by atoms with Gasteiger partial charge in [0.25, 0.3) is 0 Å². The van der Waals surface area contributed by atoms with Crippen LogP contribution in [0.15, 0.2) is 11.4 Å². The van der Waals surface area contributed by atoms with E-state index in [4.69, 9.17) is 10.4 Å². The van der Waals surface area contributed by atoms with E-state index in [0.29, 0.717) is 16.3 Å². The third-order valence-electron chi connectivity index (χ3n) is 2.06. The summed E-state index contributed by atoms with van der Waals surface area (Å²) in [4.78, 5) is 22.1. The zero-order valence-electron chi connectivity index (χ0n) is 9.67. The van der Waals surface area contributed by atoms with Crippen LogP contribution in [0.25, 0.3) is 0 Å². The number of anilines is 1. The van der Waals surface area contributed by atoms with Crippen molar-refractivity contribution in [3.63, 3.8) is 0 Å². The minimum atomic E-state index is -0.868. The SMILES string of the molecule is CC(CSCC(=O)Nc1sccc1C#N)C(=O)O. The molecule has 0 saturated heterocycles. The first-order valence-electron chi connectivity index (χ1n) is 5.12. The number of carboxylic acids is 1. The molecule has 1 heterocycles. The summed E-state index contributed by atoms with van der Waals surface area (Å²) in [6.07, 6.45) is 0. The van der Waals surface area contributed by atoms with E-state index in [1.807, 2.05) is 6.07 Å². The molecule has 5 nitrogen and oxygen atoms in total. The Morgan fingerprint density at radius 1 is 1.67 bits per heavy atom. The second-order valence-electron chi connectivity index (χ2n) is 3.58. The Bertz CT molecular complexity index is 479. The van der Waals surface area contributed by atoms with Crippen molar-refractivity contribution < 1.29 is 14.7 Å². The lowest BCUT2D eigenvalue weighted by atomic mass is 10.2. The van der Waals surface area contributed by atoms with Gasteiger partial charge in [0, 0.05) is 5.75 Å². The molecule has 0 bridgehead atoms. The Balaban J connectivity index is 2.35. The third-order valence-corrected chi connectivity index (χ3v) is 4.09. The first-order chi connectivity index (χ1) is 8.54. The lowest BCUT2D eigenvalue weighted by molar-refractivity contribution is -0.140. The summed E-state index contributed by atoms with van der Waals surface area (Å²) in [5, 5.41) is 22.3. The van der Waals surface area contributed by atoms with E-state index in [9.17, 15) is 9.59 Å². The van der Waals surface area contributed by atoms with Gasteiger partial charge < -0.3 is 10.4 Å². The van der Waals surface area contributed by atoms with Gasteiger partial charge in [-0.15, -0.1) is 11.3 Å². The van der Waals surface area contributed by atoms with Gasteiger partial charge in [0.15, 0.2) is 0 Å². The highest BCUT2D eigenvalue weighted by Crippen LogP contribution is 2.22. The van der Waals surface area contributed by atoms with Crippen molar-refractivity contribution in [1.29, 1.82) is 5.26 Å². The van der Waals surface area contributed by atoms with Gasteiger partial charge in [-0.1, -0.05) is 6.92 Å². The summed E-state index contributed by atoms with van der Waals surface area (Å²) in [6.45, 7) is 1.60. The average molecular weight is 284 g/mol. The second-order valence-corrected chi connectivity index (χ2v) is 5.52. The molecule has 0 aliphatic heterocycles. The maximum absolute atomic E-state index is 11.5. The molecule has 1 rings (SSSR count). The maximum Gasteiger partial charge on any atom is 0.307 e. The summed E-state index contributed by atoms with van der Waals surface area (Å²) < 4.78 is 0. The third kappa shape index (κ3) is 4.39. The topological polar surface area (TPSA) is 90.2 Å². The maximum atomic E-state index is 11.5. The van der Waals surface area contributed by atoms with Gasteiger partial charge in [-0.3, -0.25) is 9.59 Å². The van der Waals surface area contributed by atoms with Crippen molar-refractivity contribution in [3.8, 4) is 6.07 Å². The number of amides is 1. The zero-order chi connectivity index (χ0) is 13.5. The van der Waals surface area contributed by atoms with Gasteiger partial charge in [0.2, 0.25) is 5.91 Å². The van der Waals surface area contributed by atoms with E-state index in [2.05, 4.69) is 5.32 Å². The number of carboxylic acid groups (broad SMARTS) is 1. The normalized spacial score (nSPS) is 11.6. The molecule has 0 radical (unpaired) electrons. The van der Waals surface area contributed by atoms with E-state index in [0.717, 1.165) is 0 Å². The fourth-order valence-corrected chi connectivity index (χ4v) is 2.68. The number of hydrogen-bond acceptors (Lipinski definition) is 5. The number of nitrogens with zero attached hydrogens (tertiary/aromatic N) is 1. The fraction of sp³-hybridized carbons (Fsp3) is 0.364. The van der Waals surface area contributed by atoms with Crippen molar-refractivity contribution in [1.82, 2.24) is 0 Å². The highest BCUT2D eigenvalue weighted by atomic mass is 32.2. The minimum Gasteiger partial charge on any atom is -0.481 e. The molecule has 96 valence electrons. The largest absolute Gasteiger partial charge is 0.481 e. The van der Waals surface area contributed by atoms with Crippen LogP contribution in [0.4, 0.5) is 5.00 Å². The number of aliphatic carboxylic acids is 1. The van der Waals surface area contributed by atoms with Gasteiger partial charge in [0.1, 0.15) is 11.1 Å². The zero-order valence-corrected chi connectivity index (χ0v) is 11.3. The molecule has 1 aromatic rings. The van der Waals surface area contributed by atoms with Crippen LogP contribution in [0.5, 0.6) is 0 Å². The first kappa shape index (κ1) is 14.5. The number of carbonyl (C=O) groups excluding carboxylic acids is 1. The monoisotopic (exact) mass is 284 g/mol. The lowest BCUT2D eigenvalue weighted by Gasteiger charge is -2.06. The molecule has 1 aromatic heterocycles. The first-order valence-corrected chi connectivity index (χ1v) is 7.16. The van der Waals surface area contributed by atoms with E-state index in [-0.39, 0.29) is 11.7 Å². The van der Waals surface area contributed by atoms with Crippen LogP contribution in [-0.2, 0) is 9.59 Å². The molecular formula is C11H12N2O3S2. The van der Waals surface area contributed by atoms with Crippen LogP contribution >= 0.6 is 23.1 Å². The summed E-state index contributed by atoms with van der Waals surface area (Å²) in [5.74, 6) is -0.998. The Labute approximate surface area is 113 Å². The molecule has 0 spiro atoms. The highest BCUT2D eigenvalue weighted by molar-refractivity contribution is 8.00. The van der Waals surface area contributed by atoms with Crippen LogP contribution < -0.4 is 5.32 Å². The Kier molecular flexibility index (Phi) is 5.68. The van der Waals surface area contributed by atoms with Gasteiger partial charge in [-0.25, -0.2) is 0 Å². The molecule has 0 aliphatic carbocycles. The number of hydrogen-bond donors (Lipinski definition) is 2. The highest BCUT2D eigenvalue weighted by Gasteiger charge is 2.12. The van der Waals surface area contributed by atoms with E-state index >= 15 is 0 Å². The molecular weight excluding hydrogens is 272 g/mol. The van der Waals surface area contributed by atoms with Crippen LogP contribution in [-0.4, -0.2) is 28.5 Å². The Morgan fingerprint density at radius 2 is 2.39 bits per heavy atom. The van der Waals surface area contributed by atoms with Gasteiger partial charge in [-0.05, 0) is 11.4 Å².